The fraction of sp³-hybridized carbons (Fsp3) is 0.0870. The lowest BCUT2D eigenvalue weighted by molar-refractivity contribution is 0.414. The van der Waals surface area contributed by atoms with Crippen molar-refractivity contribution in [2.45, 2.75) is 6.54 Å². The molecule has 0 N–H and O–H groups in total. The van der Waals surface area contributed by atoms with Crippen LogP contribution in [0.2, 0.25) is 0 Å². The minimum absolute atomic E-state index is 0.666. The van der Waals surface area contributed by atoms with Gasteiger partial charge in [0.15, 0.2) is 0 Å². The molecule has 0 unspecified atom stereocenters. The number of benzene rings is 3. The molecule has 4 rings (SSSR count). The van der Waals surface area contributed by atoms with Gasteiger partial charge in [-0.2, -0.15) is 5.10 Å². The van der Waals surface area contributed by atoms with E-state index in [2.05, 4.69) is 85.1 Å². The molecule has 5 heteroatoms. The average molecular weight is 498 g/mol. The summed E-state index contributed by atoms with van der Waals surface area (Å²) in [5.74, 6) is 0.850. The molecular weight excluding hydrogens is 480 g/mol. The third kappa shape index (κ3) is 4.21. The van der Waals surface area contributed by atoms with Crippen molar-refractivity contribution in [3.05, 3.63) is 93.4 Å². The summed E-state index contributed by atoms with van der Waals surface area (Å²) < 4.78 is 9.53. The van der Waals surface area contributed by atoms with Gasteiger partial charge in [0, 0.05) is 14.5 Å². The molecule has 0 amide bonds. The maximum absolute atomic E-state index is 5.37. The van der Waals surface area contributed by atoms with E-state index in [1.54, 1.807) is 7.11 Å². The Bertz CT molecular complexity index is 1090. The molecule has 0 radical (unpaired) electrons. The zero-order valence-corrected chi connectivity index (χ0v) is 18.4. The summed E-state index contributed by atoms with van der Waals surface area (Å²) >= 11 is 7.01. The third-order valence-electron chi connectivity index (χ3n) is 4.53. The summed E-state index contributed by atoms with van der Waals surface area (Å²) in [4.78, 5) is 0. The predicted octanol–water partition coefficient (Wildman–Crippen LogP) is 6.80. The quantitative estimate of drug-likeness (QED) is 0.303. The Balaban J connectivity index is 1.77. The van der Waals surface area contributed by atoms with Gasteiger partial charge in [0.1, 0.15) is 5.75 Å². The highest BCUT2D eigenvalue weighted by Gasteiger charge is 2.12. The normalized spacial score (nSPS) is 10.8. The predicted molar refractivity (Wildman–Crippen MR) is 121 cm³/mol. The van der Waals surface area contributed by atoms with E-state index in [1.807, 2.05) is 30.3 Å². The molecule has 1 aromatic heterocycles. The highest BCUT2D eigenvalue weighted by atomic mass is 79.9. The fourth-order valence-corrected chi connectivity index (χ4v) is 3.62. The van der Waals surface area contributed by atoms with Crippen LogP contribution < -0.4 is 4.74 Å². The van der Waals surface area contributed by atoms with Crippen LogP contribution in [0.4, 0.5) is 0 Å². The van der Waals surface area contributed by atoms with E-state index < -0.39 is 0 Å². The topological polar surface area (TPSA) is 27.1 Å². The molecule has 0 spiro atoms. The van der Waals surface area contributed by atoms with E-state index in [4.69, 9.17) is 9.84 Å². The molecular formula is C23H18Br2N2O. The Morgan fingerprint density at radius 3 is 2.11 bits per heavy atom. The third-order valence-corrected chi connectivity index (χ3v) is 5.58. The molecule has 0 saturated heterocycles. The number of hydrogen-bond acceptors (Lipinski definition) is 2. The Kier molecular flexibility index (Phi) is 5.64. The molecule has 0 aliphatic rings. The van der Waals surface area contributed by atoms with Gasteiger partial charge in [-0.25, -0.2) is 0 Å². The molecule has 1 heterocycles. The van der Waals surface area contributed by atoms with Crippen molar-refractivity contribution >= 4 is 31.9 Å². The van der Waals surface area contributed by atoms with E-state index in [1.165, 1.54) is 0 Å². The number of aromatic nitrogens is 2. The summed E-state index contributed by atoms with van der Waals surface area (Å²) in [6.07, 6.45) is 0. The van der Waals surface area contributed by atoms with Crippen LogP contribution in [0.15, 0.2) is 87.8 Å². The van der Waals surface area contributed by atoms with Gasteiger partial charge < -0.3 is 4.74 Å². The van der Waals surface area contributed by atoms with Crippen molar-refractivity contribution in [3.8, 4) is 28.3 Å². The molecule has 0 aliphatic heterocycles. The van der Waals surface area contributed by atoms with Gasteiger partial charge in [0.25, 0.3) is 0 Å². The smallest absolute Gasteiger partial charge is 0.119 e. The van der Waals surface area contributed by atoms with E-state index in [0.29, 0.717) is 6.54 Å². The van der Waals surface area contributed by atoms with Crippen molar-refractivity contribution in [2.75, 3.05) is 7.11 Å². The summed E-state index contributed by atoms with van der Waals surface area (Å²) in [7, 11) is 1.69. The number of nitrogens with zero attached hydrogens (tertiary/aromatic N) is 2. The number of methoxy groups -OCH3 is 1. The van der Waals surface area contributed by atoms with Crippen molar-refractivity contribution in [1.29, 1.82) is 0 Å². The van der Waals surface area contributed by atoms with Crippen LogP contribution in [-0.2, 0) is 6.54 Å². The van der Waals surface area contributed by atoms with Crippen molar-refractivity contribution in [1.82, 2.24) is 9.78 Å². The first-order valence-corrected chi connectivity index (χ1v) is 10.4. The monoisotopic (exact) mass is 496 g/mol. The molecule has 0 saturated carbocycles. The maximum Gasteiger partial charge on any atom is 0.119 e. The van der Waals surface area contributed by atoms with Crippen molar-refractivity contribution < 1.29 is 4.74 Å². The molecule has 3 nitrogen and oxygen atoms in total. The second-order valence-corrected chi connectivity index (χ2v) is 8.27. The van der Waals surface area contributed by atoms with E-state index in [-0.39, 0.29) is 0 Å². The Morgan fingerprint density at radius 2 is 1.46 bits per heavy atom. The highest BCUT2D eigenvalue weighted by Crippen LogP contribution is 2.29. The van der Waals surface area contributed by atoms with Gasteiger partial charge in [-0.05, 0) is 53.6 Å². The number of hydrogen-bond donors (Lipinski definition) is 0. The van der Waals surface area contributed by atoms with Gasteiger partial charge in [0.05, 0.1) is 25.0 Å². The molecule has 0 bridgehead atoms. The largest absolute Gasteiger partial charge is 0.497 e. The Morgan fingerprint density at radius 1 is 0.821 bits per heavy atom. The van der Waals surface area contributed by atoms with Gasteiger partial charge in [-0.1, -0.05) is 68.3 Å². The second kappa shape index (κ2) is 8.33. The van der Waals surface area contributed by atoms with Gasteiger partial charge >= 0.3 is 0 Å². The first kappa shape index (κ1) is 19.0. The average Bonchev–Trinajstić information content (AvgIpc) is 3.13. The van der Waals surface area contributed by atoms with Crippen LogP contribution in [0.5, 0.6) is 5.75 Å². The number of halogens is 2. The zero-order chi connectivity index (χ0) is 19.5. The van der Waals surface area contributed by atoms with Crippen LogP contribution >= 0.6 is 31.9 Å². The van der Waals surface area contributed by atoms with E-state index in [9.17, 15) is 0 Å². The lowest BCUT2D eigenvalue weighted by Gasteiger charge is -2.09. The van der Waals surface area contributed by atoms with Crippen molar-refractivity contribution in [2.24, 2.45) is 0 Å². The molecule has 140 valence electrons. The van der Waals surface area contributed by atoms with Crippen LogP contribution in [-0.4, -0.2) is 16.9 Å². The first-order chi connectivity index (χ1) is 13.6. The van der Waals surface area contributed by atoms with Crippen LogP contribution in [0.1, 0.15) is 5.56 Å². The standard InChI is InChI=1S/C23H18Br2N2O/c1-28-21-4-2-3-16(13-21)15-27-23(18-7-11-20(25)12-8-18)14-22(26-27)17-5-9-19(24)10-6-17/h2-14H,15H2,1H3. The van der Waals surface area contributed by atoms with Gasteiger partial charge in [-0.3, -0.25) is 4.68 Å². The molecule has 28 heavy (non-hydrogen) atoms. The molecule has 3 aromatic carbocycles. The second-order valence-electron chi connectivity index (χ2n) is 6.44. The molecule has 0 atom stereocenters. The zero-order valence-electron chi connectivity index (χ0n) is 15.3. The molecule has 0 fully saturated rings. The van der Waals surface area contributed by atoms with Gasteiger partial charge in [-0.15, -0.1) is 0 Å². The molecule has 4 aromatic rings. The van der Waals surface area contributed by atoms with Crippen LogP contribution in [0, 0.1) is 0 Å². The first-order valence-electron chi connectivity index (χ1n) is 8.85. The number of ether oxygens (including phenoxy) is 1. The lowest BCUT2D eigenvalue weighted by atomic mass is 10.1. The van der Waals surface area contributed by atoms with E-state index in [0.717, 1.165) is 42.8 Å². The SMILES string of the molecule is COc1cccc(Cn2nc(-c3ccc(Br)cc3)cc2-c2ccc(Br)cc2)c1. The minimum Gasteiger partial charge on any atom is -0.497 e. The molecule has 0 aliphatic carbocycles. The van der Waals surface area contributed by atoms with Crippen molar-refractivity contribution in [3.63, 3.8) is 0 Å². The summed E-state index contributed by atoms with van der Waals surface area (Å²) in [5, 5.41) is 4.91. The summed E-state index contributed by atoms with van der Waals surface area (Å²) in [6.45, 7) is 0.666. The van der Waals surface area contributed by atoms with E-state index >= 15 is 0 Å². The maximum atomic E-state index is 5.37. The van der Waals surface area contributed by atoms with Crippen LogP contribution in [0.3, 0.4) is 0 Å². The Labute approximate surface area is 181 Å². The number of rotatable bonds is 5. The Hall–Kier alpha value is -2.37. The minimum atomic E-state index is 0.666. The highest BCUT2D eigenvalue weighted by molar-refractivity contribution is 9.10. The summed E-state index contributed by atoms with van der Waals surface area (Å²) in [6, 6.07) is 26.8. The lowest BCUT2D eigenvalue weighted by Crippen LogP contribution is -2.04. The summed E-state index contributed by atoms with van der Waals surface area (Å²) in [5.41, 5.74) is 5.39. The van der Waals surface area contributed by atoms with Gasteiger partial charge in [0.2, 0.25) is 0 Å². The van der Waals surface area contributed by atoms with Crippen LogP contribution in [0.25, 0.3) is 22.5 Å². The fourth-order valence-electron chi connectivity index (χ4n) is 3.10.